The highest BCUT2D eigenvalue weighted by Gasteiger charge is 2.13. The van der Waals surface area contributed by atoms with Gasteiger partial charge in [-0.2, -0.15) is 0 Å². The minimum atomic E-state index is -0.616. The van der Waals surface area contributed by atoms with Gasteiger partial charge in [0.05, 0.1) is 18.8 Å². The van der Waals surface area contributed by atoms with Gasteiger partial charge < -0.3 is 15.6 Å². The second-order valence-corrected chi connectivity index (χ2v) is 3.64. The van der Waals surface area contributed by atoms with Crippen molar-refractivity contribution in [2.75, 3.05) is 6.61 Å². The molecule has 0 aliphatic carbocycles. The maximum atomic E-state index is 13.0. The Labute approximate surface area is 88.7 Å². The Hall–Kier alpha value is -1.13. The van der Waals surface area contributed by atoms with Gasteiger partial charge in [-0.15, -0.1) is 0 Å². The van der Waals surface area contributed by atoms with Gasteiger partial charge in [-0.3, -0.25) is 0 Å². The molecule has 1 aromatic rings. The van der Waals surface area contributed by atoms with Crippen LogP contribution in [0.3, 0.4) is 0 Å². The number of aliphatic hydroxyl groups excluding tert-OH is 1. The molecule has 1 unspecified atom stereocenters. The molecule has 0 fully saturated rings. The number of halogens is 1. The van der Waals surface area contributed by atoms with Crippen LogP contribution >= 0.6 is 0 Å². The van der Waals surface area contributed by atoms with Gasteiger partial charge in [0.2, 0.25) is 0 Å². The summed E-state index contributed by atoms with van der Waals surface area (Å²) in [5.74, 6) is 0.137. The quantitative estimate of drug-likeness (QED) is 0.798. The van der Waals surface area contributed by atoms with Gasteiger partial charge in [0.15, 0.2) is 0 Å². The van der Waals surface area contributed by atoms with E-state index < -0.39 is 6.04 Å². The van der Waals surface area contributed by atoms with E-state index in [0.29, 0.717) is 11.3 Å². The zero-order valence-corrected chi connectivity index (χ0v) is 8.90. The zero-order valence-electron chi connectivity index (χ0n) is 8.90. The number of rotatable bonds is 4. The van der Waals surface area contributed by atoms with Crippen LogP contribution in [0.2, 0.25) is 0 Å². The van der Waals surface area contributed by atoms with Gasteiger partial charge in [0.25, 0.3) is 0 Å². The van der Waals surface area contributed by atoms with Crippen LogP contribution in [0, 0.1) is 5.82 Å². The van der Waals surface area contributed by atoms with Gasteiger partial charge in [-0.25, -0.2) is 4.39 Å². The Kier molecular flexibility index (Phi) is 4.05. The van der Waals surface area contributed by atoms with E-state index in [1.54, 1.807) is 0 Å². The Morgan fingerprint density at radius 3 is 2.67 bits per heavy atom. The first-order valence-corrected chi connectivity index (χ1v) is 4.87. The van der Waals surface area contributed by atoms with E-state index in [1.807, 2.05) is 13.8 Å². The van der Waals surface area contributed by atoms with Crippen LogP contribution in [-0.4, -0.2) is 17.8 Å². The van der Waals surface area contributed by atoms with Crippen LogP contribution in [0.1, 0.15) is 25.5 Å². The molecule has 15 heavy (non-hydrogen) atoms. The molecule has 1 atom stereocenters. The van der Waals surface area contributed by atoms with Crippen LogP contribution < -0.4 is 10.5 Å². The Morgan fingerprint density at radius 2 is 2.13 bits per heavy atom. The van der Waals surface area contributed by atoms with Crippen LogP contribution in [-0.2, 0) is 0 Å². The van der Waals surface area contributed by atoms with Gasteiger partial charge in [-0.1, -0.05) is 0 Å². The van der Waals surface area contributed by atoms with Crippen molar-refractivity contribution in [3.63, 3.8) is 0 Å². The van der Waals surface area contributed by atoms with E-state index in [1.165, 1.54) is 18.2 Å². The monoisotopic (exact) mass is 213 g/mol. The number of aliphatic hydroxyl groups is 1. The first kappa shape index (κ1) is 11.9. The lowest BCUT2D eigenvalue weighted by molar-refractivity contribution is 0.229. The lowest BCUT2D eigenvalue weighted by Crippen LogP contribution is -2.17. The summed E-state index contributed by atoms with van der Waals surface area (Å²) < 4.78 is 18.5. The van der Waals surface area contributed by atoms with Gasteiger partial charge in [-0.05, 0) is 32.0 Å². The molecule has 1 aromatic carbocycles. The molecular formula is C11H16FNO2. The molecule has 0 bridgehead atoms. The summed E-state index contributed by atoms with van der Waals surface area (Å²) in [6.07, 6.45) is -0.0138. The van der Waals surface area contributed by atoms with E-state index in [2.05, 4.69) is 0 Å². The van der Waals surface area contributed by atoms with Crippen molar-refractivity contribution in [2.45, 2.75) is 26.0 Å². The van der Waals surface area contributed by atoms with Gasteiger partial charge in [0, 0.05) is 5.56 Å². The third-order valence-corrected chi connectivity index (χ3v) is 1.93. The Balaban J connectivity index is 3.02. The molecule has 0 aromatic heterocycles. The lowest BCUT2D eigenvalue weighted by Gasteiger charge is -2.17. The average Bonchev–Trinajstić information content (AvgIpc) is 2.19. The van der Waals surface area contributed by atoms with Crippen molar-refractivity contribution >= 4 is 0 Å². The van der Waals surface area contributed by atoms with Crippen molar-refractivity contribution in [3.05, 3.63) is 29.6 Å². The van der Waals surface area contributed by atoms with E-state index in [0.717, 1.165) is 0 Å². The van der Waals surface area contributed by atoms with E-state index in [9.17, 15) is 4.39 Å². The third kappa shape index (κ3) is 3.18. The summed E-state index contributed by atoms with van der Waals surface area (Å²) in [6, 6.07) is 3.51. The molecular weight excluding hydrogens is 197 g/mol. The first-order chi connectivity index (χ1) is 7.04. The van der Waals surface area contributed by atoms with E-state index >= 15 is 0 Å². The smallest absolute Gasteiger partial charge is 0.124 e. The maximum Gasteiger partial charge on any atom is 0.124 e. The molecule has 0 spiro atoms. The van der Waals surface area contributed by atoms with Crippen LogP contribution in [0.25, 0.3) is 0 Å². The topological polar surface area (TPSA) is 55.5 Å². The highest BCUT2D eigenvalue weighted by Crippen LogP contribution is 2.25. The highest BCUT2D eigenvalue weighted by molar-refractivity contribution is 5.36. The molecule has 84 valence electrons. The summed E-state index contributed by atoms with van der Waals surface area (Å²) in [5.41, 5.74) is 6.13. The second kappa shape index (κ2) is 5.09. The van der Waals surface area contributed by atoms with E-state index in [-0.39, 0.29) is 18.5 Å². The normalized spacial score (nSPS) is 12.9. The minimum Gasteiger partial charge on any atom is -0.491 e. The minimum absolute atomic E-state index is 0.0138. The van der Waals surface area contributed by atoms with Gasteiger partial charge in [0.1, 0.15) is 11.6 Å². The van der Waals surface area contributed by atoms with Gasteiger partial charge >= 0.3 is 0 Å². The average molecular weight is 213 g/mol. The third-order valence-electron chi connectivity index (χ3n) is 1.93. The zero-order chi connectivity index (χ0) is 11.4. The summed E-state index contributed by atoms with van der Waals surface area (Å²) in [5, 5.41) is 8.93. The number of hydrogen-bond donors (Lipinski definition) is 2. The predicted octanol–water partition coefficient (Wildman–Crippen LogP) is 1.60. The number of hydrogen-bond acceptors (Lipinski definition) is 3. The molecule has 0 saturated heterocycles. The first-order valence-electron chi connectivity index (χ1n) is 4.87. The number of benzene rings is 1. The molecule has 0 saturated carbocycles. The second-order valence-electron chi connectivity index (χ2n) is 3.64. The number of ether oxygens (including phenoxy) is 1. The SMILES string of the molecule is CC(C)Oc1ccc(F)cc1C(N)CO. The Morgan fingerprint density at radius 1 is 1.47 bits per heavy atom. The molecule has 0 heterocycles. The van der Waals surface area contributed by atoms with Crippen LogP contribution in [0.4, 0.5) is 4.39 Å². The molecule has 0 amide bonds. The lowest BCUT2D eigenvalue weighted by atomic mass is 10.1. The molecule has 1 rings (SSSR count). The fraction of sp³-hybridized carbons (Fsp3) is 0.455. The van der Waals surface area contributed by atoms with Crippen molar-refractivity contribution < 1.29 is 14.2 Å². The van der Waals surface area contributed by atoms with Crippen molar-refractivity contribution in [1.29, 1.82) is 0 Å². The summed E-state index contributed by atoms with van der Waals surface area (Å²) in [6.45, 7) is 3.51. The maximum absolute atomic E-state index is 13.0. The van der Waals surface area contributed by atoms with Crippen LogP contribution in [0.5, 0.6) is 5.75 Å². The standard InChI is InChI=1S/C11H16FNO2/c1-7(2)15-11-4-3-8(12)5-9(11)10(13)6-14/h3-5,7,10,14H,6,13H2,1-2H3. The molecule has 0 radical (unpaired) electrons. The Bertz CT molecular complexity index is 328. The molecule has 0 aliphatic heterocycles. The van der Waals surface area contributed by atoms with Crippen molar-refractivity contribution in [2.24, 2.45) is 5.73 Å². The fourth-order valence-electron chi connectivity index (χ4n) is 1.27. The predicted molar refractivity (Wildman–Crippen MR) is 56.2 cm³/mol. The summed E-state index contributed by atoms with van der Waals surface area (Å²) >= 11 is 0. The number of nitrogens with two attached hydrogens (primary N) is 1. The highest BCUT2D eigenvalue weighted by atomic mass is 19.1. The molecule has 4 heteroatoms. The largest absolute Gasteiger partial charge is 0.491 e. The van der Waals surface area contributed by atoms with Crippen LogP contribution in [0.15, 0.2) is 18.2 Å². The van der Waals surface area contributed by atoms with Crippen molar-refractivity contribution in [3.8, 4) is 5.75 Å². The summed E-state index contributed by atoms with van der Waals surface area (Å²) in [7, 11) is 0. The summed E-state index contributed by atoms with van der Waals surface area (Å²) in [4.78, 5) is 0. The molecule has 3 N–H and O–H groups in total. The van der Waals surface area contributed by atoms with E-state index in [4.69, 9.17) is 15.6 Å². The molecule has 3 nitrogen and oxygen atoms in total. The molecule has 0 aliphatic rings. The fourth-order valence-corrected chi connectivity index (χ4v) is 1.27. The van der Waals surface area contributed by atoms with Crippen molar-refractivity contribution in [1.82, 2.24) is 0 Å².